The third-order valence-corrected chi connectivity index (χ3v) is 4.51. The van der Waals surface area contributed by atoms with Gasteiger partial charge in [-0.05, 0) is 12.1 Å². The Bertz CT molecular complexity index is 808. The summed E-state index contributed by atoms with van der Waals surface area (Å²) in [6.07, 6.45) is -0.165. The van der Waals surface area contributed by atoms with E-state index in [1.807, 2.05) is 24.3 Å². The van der Waals surface area contributed by atoms with Crippen LogP contribution in [-0.4, -0.2) is 25.3 Å². The first kappa shape index (κ1) is 16.2. The largest absolute Gasteiger partial charge is 0.497 e. The van der Waals surface area contributed by atoms with Crippen molar-refractivity contribution >= 4 is 5.97 Å². The molecule has 3 rings (SSSR count). The molecule has 0 fully saturated rings. The molecule has 1 heterocycles. The van der Waals surface area contributed by atoms with E-state index in [1.54, 1.807) is 13.2 Å². The molecule has 1 N–H and O–H groups in total. The van der Waals surface area contributed by atoms with Gasteiger partial charge in [-0.1, -0.05) is 26.0 Å². The number of fused-ring (bicyclic) bond motifs is 2. The molecule has 0 bridgehead atoms. The fourth-order valence-electron chi connectivity index (χ4n) is 3.21. The third kappa shape index (κ3) is 2.46. The number of aliphatic carboxylic acids is 1. The number of hydrogen-bond acceptors (Lipinski definition) is 4. The van der Waals surface area contributed by atoms with Crippen LogP contribution < -0.4 is 14.2 Å². The number of methoxy groups -OCH3 is 2. The highest BCUT2D eigenvalue weighted by atomic mass is 16.5. The zero-order valence-corrected chi connectivity index (χ0v) is 14.2. The normalized spacial score (nSPS) is 14.2. The van der Waals surface area contributed by atoms with E-state index in [4.69, 9.17) is 14.2 Å². The van der Waals surface area contributed by atoms with E-state index < -0.39 is 5.97 Å². The van der Waals surface area contributed by atoms with Crippen molar-refractivity contribution in [3.8, 4) is 23.0 Å². The smallest absolute Gasteiger partial charge is 0.308 e. The molecule has 0 spiro atoms. The summed E-state index contributed by atoms with van der Waals surface area (Å²) in [6.45, 7) is 4.19. The maximum absolute atomic E-state index is 11.3. The zero-order valence-electron chi connectivity index (χ0n) is 14.2. The molecule has 0 saturated carbocycles. The maximum Gasteiger partial charge on any atom is 0.308 e. The zero-order chi connectivity index (χ0) is 17.5. The first-order chi connectivity index (χ1) is 11.4. The molecule has 0 aromatic heterocycles. The van der Waals surface area contributed by atoms with Gasteiger partial charge < -0.3 is 19.3 Å². The van der Waals surface area contributed by atoms with Crippen molar-refractivity contribution in [2.45, 2.75) is 25.7 Å². The van der Waals surface area contributed by atoms with Crippen molar-refractivity contribution in [2.24, 2.45) is 0 Å². The molecular weight excluding hydrogens is 308 g/mol. The van der Waals surface area contributed by atoms with E-state index in [1.165, 1.54) is 7.11 Å². The van der Waals surface area contributed by atoms with Gasteiger partial charge in [0, 0.05) is 28.2 Å². The van der Waals surface area contributed by atoms with E-state index in [-0.39, 0.29) is 11.8 Å². The number of carboxylic acids is 1. The highest BCUT2D eigenvalue weighted by Gasteiger charge is 2.36. The lowest BCUT2D eigenvalue weighted by atomic mass is 9.75. The number of benzene rings is 2. The molecule has 0 aliphatic carbocycles. The van der Waals surface area contributed by atoms with Crippen LogP contribution in [0.4, 0.5) is 0 Å². The number of carbonyl (C=O) groups is 1. The first-order valence-electron chi connectivity index (χ1n) is 7.67. The van der Waals surface area contributed by atoms with E-state index >= 15 is 0 Å². The summed E-state index contributed by atoms with van der Waals surface area (Å²) in [5.41, 5.74) is 2.19. The van der Waals surface area contributed by atoms with Crippen molar-refractivity contribution < 1.29 is 24.1 Å². The highest BCUT2D eigenvalue weighted by molar-refractivity contribution is 5.75. The van der Waals surface area contributed by atoms with E-state index in [2.05, 4.69) is 13.8 Å². The van der Waals surface area contributed by atoms with Crippen LogP contribution in [0.3, 0.4) is 0 Å². The van der Waals surface area contributed by atoms with Crippen molar-refractivity contribution in [3.63, 3.8) is 0 Å². The minimum absolute atomic E-state index is 0.165. The van der Waals surface area contributed by atoms with Crippen LogP contribution in [0.15, 0.2) is 30.3 Å². The highest BCUT2D eigenvalue weighted by Crippen LogP contribution is 2.51. The van der Waals surface area contributed by atoms with Gasteiger partial charge in [-0.15, -0.1) is 0 Å². The molecule has 5 nitrogen and oxygen atoms in total. The van der Waals surface area contributed by atoms with Crippen molar-refractivity contribution in [3.05, 3.63) is 47.0 Å². The van der Waals surface area contributed by atoms with Crippen LogP contribution in [0.1, 0.15) is 30.5 Å². The lowest BCUT2D eigenvalue weighted by Gasteiger charge is -2.36. The molecule has 1 aliphatic heterocycles. The van der Waals surface area contributed by atoms with Crippen LogP contribution in [-0.2, 0) is 16.6 Å². The molecular formula is C19H20O5. The summed E-state index contributed by atoms with van der Waals surface area (Å²) in [7, 11) is 3.13. The van der Waals surface area contributed by atoms with Gasteiger partial charge in [-0.2, -0.15) is 0 Å². The van der Waals surface area contributed by atoms with Gasteiger partial charge in [0.05, 0.1) is 20.6 Å². The lowest BCUT2D eigenvalue weighted by Crippen LogP contribution is -2.25. The lowest BCUT2D eigenvalue weighted by molar-refractivity contribution is -0.136. The Hall–Kier alpha value is -2.69. The Morgan fingerprint density at radius 3 is 2.46 bits per heavy atom. The van der Waals surface area contributed by atoms with E-state index in [9.17, 15) is 9.90 Å². The summed E-state index contributed by atoms with van der Waals surface area (Å²) < 4.78 is 16.7. The second-order valence-corrected chi connectivity index (χ2v) is 6.28. The summed E-state index contributed by atoms with van der Waals surface area (Å²) in [6, 6.07) is 9.45. The Balaban J connectivity index is 2.23. The molecule has 2 aromatic carbocycles. The van der Waals surface area contributed by atoms with Crippen molar-refractivity contribution in [1.29, 1.82) is 0 Å². The standard InChI is InChI=1S/C19H20O5/c1-19(2)13-6-5-11(22-3)9-16(13)24-18-12(10-17(20)21)15(23-4)8-7-14(18)19/h5-9H,10H2,1-4H3,(H,20,21). The third-order valence-electron chi connectivity index (χ3n) is 4.51. The Kier molecular flexibility index (Phi) is 3.87. The Morgan fingerprint density at radius 1 is 1.12 bits per heavy atom. The molecule has 0 amide bonds. The van der Waals surface area contributed by atoms with E-state index in [0.29, 0.717) is 28.6 Å². The van der Waals surface area contributed by atoms with E-state index in [0.717, 1.165) is 11.1 Å². The quantitative estimate of drug-likeness (QED) is 0.925. The fraction of sp³-hybridized carbons (Fsp3) is 0.316. The Morgan fingerprint density at radius 2 is 1.83 bits per heavy atom. The molecule has 0 radical (unpaired) electrons. The predicted molar refractivity (Wildman–Crippen MR) is 89.5 cm³/mol. The maximum atomic E-state index is 11.3. The van der Waals surface area contributed by atoms with Crippen LogP contribution in [0.5, 0.6) is 23.0 Å². The average molecular weight is 328 g/mol. The predicted octanol–water partition coefficient (Wildman–Crippen LogP) is 3.76. The fourth-order valence-corrected chi connectivity index (χ4v) is 3.21. The SMILES string of the molecule is COc1ccc2c(c1)Oc1c(ccc(OC)c1CC(=O)O)C2(C)C. The number of rotatable bonds is 4. The molecule has 126 valence electrons. The van der Waals surface area contributed by atoms with Crippen LogP contribution in [0, 0.1) is 0 Å². The summed E-state index contributed by atoms with van der Waals surface area (Å²) in [5.74, 6) is 1.50. The van der Waals surface area contributed by atoms with Gasteiger partial charge in [0.1, 0.15) is 23.0 Å². The van der Waals surface area contributed by atoms with Crippen LogP contribution in [0.2, 0.25) is 0 Å². The molecule has 5 heteroatoms. The average Bonchev–Trinajstić information content (AvgIpc) is 2.54. The molecule has 2 aromatic rings. The molecule has 1 aliphatic rings. The number of hydrogen-bond donors (Lipinski definition) is 1. The number of carboxylic acid groups (broad SMARTS) is 1. The molecule has 0 unspecified atom stereocenters. The van der Waals surface area contributed by atoms with Gasteiger partial charge in [-0.3, -0.25) is 4.79 Å². The van der Waals surface area contributed by atoms with Gasteiger partial charge in [0.15, 0.2) is 0 Å². The van der Waals surface area contributed by atoms with Gasteiger partial charge >= 0.3 is 5.97 Å². The van der Waals surface area contributed by atoms with Gasteiger partial charge in [-0.25, -0.2) is 0 Å². The van der Waals surface area contributed by atoms with Gasteiger partial charge in [0.25, 0.3) is 0 Å². The molecule has 24 heavy (non-hydrogen) atoms. The summed E-state index contributed by atoms with van der Waals surface area (Å²) in [5, 5.41) is 9.26. The second kappa shape index (κ2) is 5.74. The summed E-state index contributed by atoms with van der Waals surface area (Å²) in [4.78, 5) is 11.3. The van der Waals surface area contributed by atoms with Crippen molar-refractivity contribution in [1.82, 2.24) is 0 Å². The molecule has 0 atom stereocenters. The second-order valence-electron chi connectivity index (χ2n) is 6.28. The van der Waals surface area contributed by atoms with Crippen molar-refractivity contribution in [2.75, 3.05) is 14.2 Å². The minimum atomic E-state index is -0.931. The first-order valence-corrected chi connectivity index (χ1v) is 7.67. The number of ether oxygens (including phenoxy) is 3. The van der Waals surface area contributed by atoms with Crippen LogP contribution in [0.25, 0.3) is 0 Å². The summed E-state index contributed by atoms with van der Waals surface area (Å²) >= 11 is 0. The minimum Gasteiger partial charge on any atom is -0.497 e. The van der Waals surface area contributed by atoms with Gasteiger partial charge in [0.2, 0.25) is 0 Å². The Labute approximate surface area is 140 Å². The van der Waals surface area contributed by atoms with Crippen LogP contribution >= 0.6 is 0 Å². The topological polar surface area (TPSA) is 65.0 Å². The molecule has 0 saturated heterocycles. The monoisotopic (exact) mass is 328 g/mol.